The summed E-state index contributed by atoms with van der Waals surface area (Å²) < 4.78 is 5.80. The Morgan fingerprint density at radius 2 is 2.00 bits per heavy atom. The fourth-order valence-electron chi connectivity index (χ4n) is 3.63. The van der Waals surface area contributed by atoms with Gasteiger partial charge in [0, 0.05) is 18.2 Å². The number of benzene rings is 1. The number of nitrogens with one attached hydrogen (secondary N) is 1. The molecule has 5 heteroatoms. The summed E-state index contributed by atoms with van der Waals surface area (Å²) in [6.45, 7) is 5.41. The van der Waals surface area contributed by atoms with Crippen LogP contribution in [0.25, 0.3) is 0 Å². The van der Waals surface area contributed by atoms with Crippen LogP contribution in [0.2, 0.25) is 0 Å². The summed E-state index contributed by atoms with van der Waals surface area (Å²) in [5.74, 6) is 1.42. The second-order valence-electron chi connectivity index (χ2n) is 6.79. The molecule has 1 N–H and O–H groups in total. The van der Waals surface area contributed by atoms with Crippen molar-refractivity contribution in [3.8, 4) is 10.8 Å². The summed E-state index contributed by atoms with van der Waals surface area (Å²) in [4.78, 5) is 14.9. The van der Waals surface area contributed by atoms with Gasteiger partial charge in [0.05, 0.1) is 0 Å². The van der Waals surface area contributed by atoms with Crippen LogP contribution in [0.1, 0.15) is 28.8 Å². The summed E-state index contributed by atoms with van der Waals surface area (Å²) in [5.41, 5.74) is 1.89. The van der Waals surface area contributed by atoms with Crippen molar-refractivity contribution in [2.75, 3.05) is 19.6 Å². The summed E-state index contributed by atoms with van der Waals surface area (Å²) in [5, 5.41) is 6.15. The molecule has 4 nitrogen and oxygen atoms in total. The van der Waals surface area contributed by atoms with Crippen LogP contribution in [0.3, 0.4) is 0 Å². The molecule has 126 valence electrons. The third-order valence-electron chi connectivity index (χ3n) is 5.01. The molecule has 3 aliphatic heterocycles. The SMILES string of the molecule is Cc1csc(Oc2ccc(C(=O)N[C@H]3CN4CCC3CC4)cc2)c1. The molecule has 5 rings (SSSR count). The molecule has 2 bridgehead atoms. The molecule has 0 radical (unpaired) electrons. The molecule has 1 amide bonds. The lowest BCUT2D eigenvalue weighted by molar-refractivity contribution is 0.0620. The molecule has 24 heavy (non-hydrogen) atoms. The first-order valence-electron chi connectivity index (χ1n) is 8.54. The maximum Gasteiger partial charge on any atom is 0.251 e. The molecular formula is C19H22N2O2S. The van der Waals surface area contributed by atoms with Crippen molar-refractivity contribution < 1.29 is 9.53 Å². The smallest absolute Gasteiger partial charge is 0.251 e. The summed E-state index contributed by atoms with van der Waals surface area (Å²) in [6, 6.07) is 9.71. The van der Waals surface area contributed by atoms with E-state index in [1.54, 1.807) is 11.3 Å². The van der Waals surface area contributed by atoms with Gasteiger partial charge in [0.15, 0.2) is 5.06 Å². The van der Waals surface area contributed by atoms with E-state index in [1.165, 1.54) is 31.5 Å². The number of fused-ring (bicyclic) bond motifs is 3. The monoisotopic (exact) mass is 342 g/mol. The van der Waals surface area contributed by atoms with Gasteiger partial charge in [-0.25, -0.2) is 0 Å². The Balaban J connectivity index is 1.38. The normalized spacial score (nSPS) is 25.5. The molecule has 1 atom stereocenters. The van der Waals surface area contributed by atoms with Crippen molar-refractivity contribution >= 4 is 17.2 Å². The number of carbonyl (C=O) groups is 1. The topological polar surface area (TPSA) is 41.6 Å². The molecule has 0 aliphatic carbocycles. The van der Waals surface area contributed by atoms with E-state index in [9.17, 15) is 4.79 Å². The molecule has 3 aliphatic rings. The molecule has 3 fully saturated rings. The van der Waals surface area contributed by atoms with Crippen LogP contribution in [-0.4, -0.2) is 36.5 Å². The van der Waals surface area contributed by atoms with E-state index in [4.69, 9.17) is 4.74 Å². The van der Waals surface area contributed by atoms with Gasteiger partial charge < -0.3 is 15.0 Å². The number of aryl methyl sites for hydroxylation is 1. The van der Waals surface area contributed by atoms with Crippen LogP contribution in [0.4, 0.5) is 0 Å². The Hall–Kier alpha value is -1.85. The van der Waals surface area contributed by atoms with Gasteiger partial charge in [-0.05, 0) is 80.0 Å². The highest BCUT2D eigenvalue weighted by Gasteiger charge is 2.34. The Morgan fingerprint density at radius 3 is 2.58 bits per heavy atom. The second-order valence-corrected chi connectivity index (χ2v) is 7.66. The Morgan fingerprint density at radius 1 is 1.25 bits per heavy atom. The van der Waals surface area contributed by atoms with Crippen LogP contribution in [0.5, 0.6) is 10.8 Å². The molecule has 2 aromatic rings. The number of nitrogens with zero attached hydrogens (tertiary/aromatic N) is 1. The lowest BCUT2D eigenvalue weighted by Crippen LogP contribution is -2.57. The average molecular weight is 342 g/mol. The highest BCUT2D eigenvalue weighted by Crippen LogP contribution is 2.29. The lowest BCUT2D eigenvalue weighted by atomic mass is 9.84. The number of piperidine rings is 3. The van der Waals surface area contributed by atoms with E-state index in [1.807, 2.05) is 37.3 Å². The maximum absolute atomic E-state index is 12.5. The fourth-order valence-corrected chi connectivity index (χ4v) is 4.40. The predicted octanol–water partition coefficient (Wildman–Crippen LogP) is 3.67. The number of amides is 1. The quantitative estimate of drug-likeness (QED) is 0.922. The minimum atomic E-state index is 0.0206. The van der Waals surface area contributed by atoms with E-state index < -0.39 is 0 Å². The summed E-state index contributed by atoms with van der Waals surface area (Å²) >= 11 is 1.58. The third kappa shape index (κ3) is 3.32. The van der Waals surface area contributed by atoms with E-state index in [0.717, 1.165) is 17.4 Å². The number of hydrogen-bond acceptors (Lipinski definition) is 4. The minimum Gasteiger partial charge on any atom is -0.447 e. The standard InChI is InChI=1S/C19H22N2O2S/c1-13-10-18(24-12-13)23-16-4-2-15(3-5-16)19(22)20-17-11-21-8-6-14(17)7-9-21/h2-5,10,12,14,17H,6-9,11H2,1H3,(H,20,22)/t17-/m0/s1. The van der Waals surface area contributed by atoms with Crippen LogP contribution < -0.4 is 10.1 Å². The van der Waals surface area contributed by atoms with Crippen molar-refractivity contribution in [1.82, 2.24) is 10.2 Å². The van der Waals surface area contributed by atoms with E-state index in [-0.39, 0.29) is 5.91 Å². The molecule has 0 spiro atoms. The predicted molar refractivity (Wildman–Crippen MR) is 96.0 cm³/mol. The van der Waals surface area contributed by atoms with Crippen molar-refractivity contribution in [2.24, 2.45) is 5.92 Å². The zero-order chi connectivity index (χ0) is 16.5. The Labute approximate surface area is 146 Å². The molecule has 0 unspecified atom stereocenters. The van der Waals surface area contributed by atoms with Gasteiger partial charge in [-0.3, -0.25) is 4.79 Å². The van der Waals surface area contributed by atoms with Crippen molar-refractivity contribution in [2.45, 2.75) is 25.8 Å². The first-order valence-corrected chi connectivity index (χ1v) is 9.41. The van der Waals surface area contributed by atoms with Crippen LogP contribution in [-0.2, 0) is 0 Å². The highest BCUT2D eigenvalue weighted by molar-refractivity contribution is 7.12. The Bertz CT molecular complexity index is 717. The van der Waals surface area contributed by atoms with E-state index in [0.29, 0.717) is 17.5 Å². The van der Waals surface area contributed by atoms with Gasteiger partial charge in [-0.2, -0.15) is 0 Å². The minimum absolute atomic E-state index is 0.0206. The molecule has 0 saturated carbocycles. The van der Waals surface area contributed by atoms with Crippen molar-refractivity contribution in [3.05, 3.63) is 46.8 Å². The Kier molecular flexibility index (Phi) is 4.29. The zero-order valence-electron chi connectivity index (χ0n) is 13.8. The average Bonchev–Trinajstić information content (AvgIpc) is 3.01. The number of rotatable bonds is 4. The third-order valence-corrected chi connectivity index (χ3v) is 5.94. The molecule has 1 aromatic carbocycles. The van der Waals surface area contributed by atoms with Crippen molar-refractivity contribution in [1.29, 1.82) is 0 Å². The van der Waals surface area contributed by atoms with Crippen LogP contribution in [0.15, 0.2) is 35.7 Å². The first kappa shape index (κ1) is 15.7. The maximum atomic E-state index is 12.5. The van der Waals surface area contributed by atoms with Gasteiger partial charge >= 0.3 is 0 Å². The lowest BCUT2D eigenvalue weighted by Gasteiger charge is -2.44. The molecular weight excluding hydrogens is 320 g/mol. The second kappa shape index (κ2) is 6.57. The number of thiophene rings is 1. The van der Waals surface area contributed by atoms with Gasteiger partial charge in [-0.15, -0.1) is 11.3 Å². The number of carbonyl (C=O) groups excluding carboxylic acids is 1. The highest BCUT2D eigenvalue weighted by atomic mass is 32.1. The summed E-state index contributed by atoms with van der Waals surface area (Å²) in [7, 11) is 0. The van der Waals surface area contributed by atoms with E-state index in [2.05, 4.69) is 15.6 Å². The first-order chi connectivity index (χ1) is 11.7. The largest absolute Gasteiger partial charge is 0.447 e. The van der Waals surface area contributed by atoms with Crippen LogP contribution in [0, 0.1) is 12.8 Å². The summed E-state index contributed by atoms with van der Waals surface area (Å²) in [6.07, 6.45) is 2.41. The number of ether oxygens (including phenoxy) is 1. The van der Waals surface area contributed by atoms with Gasteiger partial charge in [0.1, 0.15) is 5.75 Å². The zero-order valence-corrected chi connectivity index (χ0v) is 14.6. The van der Waals surface area contributed by atoms with Crippen LogP contribution >= 0.6 is 11.3 Å². The van der Waals surface area contributed by atoms with Gasteiger partial charge in [0.25, 0.3) is 5.91 Å². The van der Waals surface area contributed by atoms with Gasteiger partial charge in [-0.1, -0.05) is 0 Å². The molecule has 4 heterocycles. The fraction of sp³-hybridized carbons (Fsp3) is 0.421. The van der Waals surface area contributed by atoms with E-state index >= 15 is 0 Å². The van der Waals surface area contributed by atoms with Gasteiger partial charge in [0.2, 0.25) is 0 Å². The van der Waals surface area contributed by atoms with Crippen molar-refractivity contribution in [3.63, 3.8) is 0 Å². The molecule has 1 aromatic heterocycles. The molecule has 3 saturated heterocycles. The number of hydrogen-bond donors (Lipinski definition) is 1.